The van der Waals surface area contributed by atoms with Gasteiger partial charge in [-0.05, 0) is 67.3 Å². The molecule has 1 aromatic carbocycles. The second kappa shape index (κ2) is 6.71. The third kappa shape index (κ3) is 3.18. The number of pyridine rings is 1. The molecule has 2 aromatic heterocycles. The molecule has 0 fully saturated rings. The van der Waals surface area contributed by atoms with E-state index in [1.54, 1.807) is 6.07 Å². The number of benzene rings is 1. The van der Waals surface area contributed by atoms with E-state index in [0.717, 1.165) is 17.4 Å². The summed E-state index contributed by atoms with van der Waals surface area (Å²) in [4.78, 5) is 12.1. The Hall–Kier alpha value is -2.42. The summed E-state index contributed by atoms with van der Waals surface area (Å²) in [6.45, 7) is 7.17. The van der Waals surface area contributed by atoms with E-state index >= 15 is 0 Å². The number of aromatic nitrogens is 1. The molecule has 0 N–H and O–H groups in total. The molecule has 3 heteroatoms. The van der Waals surface area contributed by atoms with Crippen LogP contribution in [0, 0.1) is 6.92 Å². The van der Waals surface area contributed by atoms with E-state index in [0.29, 0.717) is 18.0 Å². The van der Waals surface area contributed by atoms with E-state index in [1.807, 2.05) is 6.07 Å². The molecule has 0 atom stereocenters. The van der Waals surface area contributed by atoms with Gasteiger partial charge in [0.2, 0.25) is 0 Å². The lowest BCUT2D eigenvalue weighted by Gasteiger charge is -2.14. The quantitative estimate of drug-likeness (QED) is 0.518. The topological polar surface area (TPSA) is 34.1 Å². The molecule has 0 saturated carbocycles. The molecule has 1 aliphatic rings. The van der Waals surface area contributed by atoms with Crippen LogP contribution in [0.1, 0.15) is 60.4 Å². The maximum atomic E-state index is 12.1. The average molecular weight is 348 g/mol. The summed E-state index contributed by atoms with van der Waals surface area (Å²) in [7, 11) is 0. The number of nitrogens with zero attached hydrogens (tertiary/aromatic N) is 1. The minimum absolute atomic E-state index is 0.275. The Kier molecular flexibility index (Phi) is 4.39. The van der Waals surface area contributed by atoms with Crippen LogP contribution in [0.15, 0.2) is 45.9 Å². The van der Waals surface area contributed by atoms with Gasteiger partial charge < -0.3 is 4.42 Å². The predicted molar refractivity (Wildman–Crippen MR) is 104 cm³/mol. The summed E-state index contributed by atoms with van der Waals surface area (Å²) in [6, 6.07) is 8.10. The van der Waals surface area contributed by atoms with Gasteiger partial charge in [-0.1, -0.05) is 13.8 Å². The van der Waals surface area contributed by atoms with E-state index in [1.165, 1.54) is 41.5 Å². The van der Waals surface area contributed by atoms with E-state index in [2.05, 4.69) is 49.9 Å². The second-order valence-corrected chi connectivity index (χ2v) is 7.83. The van der Waals surface area contributed by atoms with Gasteiger partial charge in [0.1, 0.15) is 5.58 Å². The first-order chi connectivity index (χ1) is 12.5. The highest BCUT2D eigenvalue weighted by molar-refractivity contribution is 5.82. The molecule has 0 amide bonds. The van der Waals surface area contributed by atoms with Crippen molar-refractivity contribution in [1.82, 2.24) is 0 Å². The van der Waals surface area contributed by atoms with Crippen LogP contribution in [0.3, 0.4) is 0 Å². The maximum Gasteiger partial charge on any atom is 0.336 e. The van der Waals surface area contributed by atoms with Crippen LogP contribution < -0.4 is 10.2 Å². The standard InChI is InChI=1S/C23H26NO2/c1-15(2)20-12-21-19(11-23(25)26-22(21)10-16(20)3)14-24-9-8-17-6-4-5-7-18(17)13-24/h8-13,15H,4-7,14H2,1-3H3/q+1. The van der Waals surface area contributed by atoms with Crippen molar-refractivity contribution in [2.24, 2.45) is 0 Å². The largest absolute Gasteiger partial charge is 0.423 e. The van der Waals surface area contributed by atoms with E-state index in [9.17, 15) is 4.79 Å². The van der Waals surface area contributed by atoms with Crippen LogP contribution in [-0.2, 0) is 19.4 Å². The lowest BCUT2D eigenvalue weighted by Crippen LogP contribution is -2.35. The van der Waals surface area contributed by atoms with Gasteiger partial charge in [-0.25, -0.2) is 9.36 Å². The van der Waals surface area contributed by atoms with Crippen LogP contribution >= 0.6 is 0 Å². The first kappa shape index (κ1) is 17.0. The first-order valence-electron chi connectivity index (χ1n) is 9.59. The van der Waals surface area contributed by atoms with Crippen molar-refractivity contribution in [3.8, 4) is 0 Å². The van der Waals surface area contributed by atoms with Gasteiger partial charge in [0, 0.05) is 28.6 Å². The van der Waals surface area contributed by atoms with Crippen molar-refractivity contribution in [1.29, 1.82) is 0 Å². The Morgan fingerprint density at radius 1 is 1.12 bits per heavy atom. The molecule has 0 spiro atoms. The van der Waals surface area contributed by atoms with Gasteiger partial charge in [0.15, 0.2) is 18.9 Å². The van der Waals surface area contributed by atoms with Gasteiger partial charge in [-0.3, -0.25) is 0 Å². The summed E-state index contributed by atoms with van der Waals surface area (Å²) in [5, 5.41) is 1.05. The van der Waals surface area contributed by atoms with Gasteiger partial charge in [0.05, 0.1) is 0 Å². The van der Waals surface area contributed by atoms with Gasteiger partial charge >= 0.3 is 5.63 Å². The Balaban J connectivity index is 1.80. The fourth-order valence-electron chi connectivity index (χ4n) is 4.16. The Morgan fingerprint density at radius 2 is 1.88 bits per heavy atom. The lowest BCUT2D eigenvalue weighted by molar-refractivity contribution is -0.688. The van der Waals surface area contributed by atoms with Crippen molar-refractivity contribution in [3.63, 3.8) is 0 Å². The highest BCUT2D eigenvalue weighted by Crippen LogP contribution is 2.27. The Labute approximate surface area is 154 Å². The number of aryl methyl sites for hydroxylation is 3. The summed E-state index contributed by atoms with van der Waals surface area (Å²) in [6.07, 6.45) is 9.30. The van der Waals surface area contributed by atoms with Crippen molar-refractivity contribution in [2.45, 2.75) is 58.9 Å². The molecule has 1 aliphatic carbocycles. The lowest BCUT2D eigenvalue weighted by atomic mass is 9.93. The predicted octanol–water partition coefficient (Wildman–Crippen LogP) is 4.44. The van der Waals surface area contributed by atoms with E-state index in [-0.39, 0.29) is 5.63 Å². The first-order valence-corrected chi connectivity index (χ1v) is 9.59. The molecule has 4 rings (SSSR count). The third-order valence-electron chi connectivity index (χ3n) is 5.54. The van der Waals surface area contributed by atoms with Gasteiger partial charge in [-0.2, -0.15) is 0 Å². The molecule has 0 radical (unpaired) electrons. The monoisotopic (exact) mass is 348 g/mol. The fraction of sp³-hybridized carbons (Fsp3) is 0.391. The minimum Gasteiger partial charge on any atom is -0.423 e. The molecule has 0 bridgehead atoms. The number of hydrogen-bond donors (Lipinski definition) is 0. The molecule has 26 heavy (non-hydrogen) atoms. The zero-order valence-electron chi connectivity index (χ0n) is 15.8. The molecular formula is C23H26NO2+. The van der Waals surface area contributed by atoms with Gasteiger partial charge in [0.25, 0.3) is 0 Å². The average Bonchev–Trinajstić information content (AvgIpc) is 2.60. The minimum atomic E-state index is -0.275. The Morgan fingerprint density at radius 3 is 2.65 bits per heavy atom. The second-order valence-electron chi connectivity index (χ2n) is 7.83. The molecule has 0 saturated heterocycles. The summed E-state index contributed by atoms with van der Waals surface area (Å²) < 4.78 is 7.68. The molecule has 134 valence electrons. The van der Waals surface area contributed by atoms with E-state index < -0.39 is 0 Å². The molecule has 2 heterocycles. The van der Waals surface area contributed by atoms with Crippen LogP contribution in [0.25, 0.3) is 11.0 Å². The molecular weight excluding hydrogens is 322 g/mol. The van der Waals surface area contributed by atoms with Crippen LogP contribution in [0.2, 0.25) is 0 Å². The van der Waals surface area contributed by atoms with Crippen molar-refractivity contribution < 1.29 is 8.98 Å². The fourth-order valence-corrected chi connectivity index (χ4v) is 4.16. The normalized spacial score (nSPS) is 14.0. The Bertz CT molecular complexity index is 1030. The molecule has 3 nitrogen and oxygen atoms in total. The highest BCUT2D eigenvalue weighted by atomic mass is 16.4. The summed E-state index contributed by atoms with van der Waals surface area (Å²) >= 11 is 0. The summed E-state index contributed by atoms with van der Waals surface area (Å²) in [5.41, 5.74) is 6.85. The van der Waals surface area contributed by atoms with Crippen molar-refractivity contribution >= 4 is 11.0 Å². The number of rotatable bonds is 3. The molecule has 3 aromatic rings. The smallest absolute Gasteiger partial charge is 0.336 e. The maximum absolute atomic E-state index is 12.1. The number of hydrogen-bond acceptors (Lipinski definition) is 2. The number of fused-ring (bicyclic) bond motifs is 2. The van der Waals surface area contributed by atoms with Crippen LogP contribution in [0.5, 0.6) is 0 Å². The zero-order chi connectivity index (χ0) is 18.3. The van der Waals surface area contributed by atoms with Crippen LogP contribution in [-0.4, -0.2) is 0 Å². The highest BCUT2D eigenvalue weighted by Gasteiger charge is 2.17. The SMILES string of the molecule is Cc1cc2oc(=O)cc(C[n+]3ccc4c(c3)CCCC4)c2cc1C(C)C. The van der Waals surface area contributed by atoms with Crippen molar-refractivity contribution in [2.75, 3.05) is 0 Å². The molecule has 0 aliphatic heterocycles. The van der Waals surface area contributed by atoms with Crippen LogP contribution in [0.4, 0.5) is 0 Å². The zero-order valence-corrected chi connectivity index (χ0v) is 15.8. The van der Waals surface area contributed by atoms with Crippen molar-refractivity contribution in [3.05, 3.63) is 74.9 Å². The van der Waals surface area contributed by atoms with Gasteiger partial charge in [-0.15, -0.1) is 0 Å². The van der Waals surface area contributed by atoms with E-state index in [4.69, 9.17) is 4.42 Å². The summed E-state index contributed by atoms with van der Waals surface area (Å²) in [5.74, 6) is 0.440. The molecule has 0 unspecified atom stereocenters. The third-order valence-corrected chi connectivity index (χ3v) is 5.54.